The maximum atomic E-state index is 10.8. The van der Waals surface area contributed by atoms with Crippen molar-refractivity contribution in [3.63, 3.8) is 0 Å². The van der Waals surface area contributed by atoms with Crippen LogP contribution in [0.4, 0.5) is 5.69 Å². The number of anilines is 1. The quantitative estimate of drug-likeness (QED) is 0.644. The van der Waals surface area contributed by atoms with Crippen LogP contribution in [-0.4, -0.2) is 37.1 Å². The molecule has 0 radical (unpaired) electrons. The van der Waals surface area contributed by atoms with Gasteiger partial charge in [0.2, 0.25) is 0 Å². The van der Waals surface area contributed by atoms with Gasteiger partial charge in [0, 0.05) is 19.8 Å². The van der Waals surface area contributed by atoms with E-state index < -0.39 is 10.1 Å². The van der Waals surface area contributed by atoms with Gasteiger partial charge in [-0.05, 0) is 42.9 Å². The van der Waals surface area contributed by atoms with Gasteiger partial charge < -0.3 is 14.8 Å². The minimum absolute atomic E-state index is 0.240. The topological polar surface area (TPSA) is 72.5 Å². The highest BCUT2D eigenvalue weighted by Gasteiger charge is 2.06. The molecule has 0 atom stereocenters. The van der Waals surface area contributed by atoms with Crippen molar-refractivity contribution in [1.29, 1.82) is 0 Å². The van der Waals surface area contributed by atoms with Crippen LogP contribution in [0, 0.1) is 6.92 Å². The van der Waals surface area contributed by atoms with Crippen molar-refractivity contribution in [2.45, 2.75) is 11.8 Å². The molecular formula is C10H13N2O3S2-. The van der Waals surface area contributed by atoms with E-state index in [1.807, 2.05) is 0 Å². The van der Waals surface area contributed by atoms with Crippen molar-refractivity contribution >= 4 is 33.1 Å². The van der Waals surface area contributed by atoms with Gasteiger partial charge in [-0.1, -0.05) is 0 Å². The van der Waals surface area contributed by atoms with Gasteiger partial charge in [0.05, 0.1) is 4.90 Å². The fourth-order valence-corrected chi connectivity index (χ4v) is 1.82. The molecule has 1 aromatic carbocycles. The van der Waals surface area contributed by atoms with Crippen LogP contribution >= 0.6 is 12.2 Å². The Morgan fingerprint density at radius 1 is 1.41 bits per heavy atom. The molecule has 1 rings (SSSR count). The average molecular weight is 273 g/mol. The predicted octanol–water partition coefficient (Wildman–Crippen LogP) is 1.16. The van der Waals surface area contributed by atoms with Crippen LogP contribution in [0.2, 0.25) is 0 Å². The third kappa shape index (κ3) is 3.65. The predicted molar refractivity (Wildman–Crippen MR) is 69.0 cm³/mol. The van der Waals surface area contributed by atoms with Gasteiger partial charge in [0.15, 0.2) is 5.11 Å². The Labute approximate surface area is 106 Å². The first-order valence-electron chi connectivity index (χ1n) is 4.76. The van der Waals surface area contributed by atoms with Crippen molar-refractivity contribution in [2.24, 2.45) is 0 Å². The fourth-order valence-electron chi connectivity index (χ4n) is 1.16. The zero-order valence-corrected chi connectivity index (χ0v) is 11.4. The fraction of sp³-hybridized carbons (Fsp3) is 0.300. The number of benzene rings is 1. The lowest BCUT2D eigenvalue weighted by atomic mass is 10.2. The van der Waals surface area contributed by atoms with E-state index in [1.165, 1.54) is 18.2 Å². The number of nitrogens with one attached hydrogen (secondary N) is 1. The molecule has 1 N–H and O–H groups in total. The Bertz CT molecular complexity index is 538. The third-order valence-electron chi connectivity index (χ3n) is 2.13. The lowest BCUT2D eigenvalue weighted by Crippen LogP contribution is -2.27. The largest absolute Gasteiger partial charge is 0.744 e. The highest BCUT2D eigenvalue weighted by atomic mass is 32.2. The van der Waals surface area contributed by atoms with E-state index in [9.17, 15) is 13.0 Å². The van der Waals surface area contributed by atoms with Crippen molar-refractivity contribution < 1.29 is 13.0 Å². The van der Waals surface area contributed by atoms with E-state index in [-0.39, 0.29) is 4.90 Å². The second kappa shape index (κ2) is 4.99. The summed E-state index contributed by atoms with van der Waals surface area (Å²) in [6.45, 7) is 1.70. The highest BCUT2D eigenvalue weighted by molar-refractivity contribution is 7.85. The molecule has 0 saturated heterocycles. The van der Waals surface area contributed by atoms with E-state index in [0.717, 1.165) is 0 Å². The average Bonchev–Trinajstić information content (AvgIpc) is 2.19. The number of thiocarbonyl (C=S) groups is 1. The summed E-state index contributed by atoms with van der Waals surface area (Å²) in [5, 5.41) is 3.45. The number of hydrogen-bond donors (Lipinski definition) is 1. The highest BCUT2D eigenvalue weighted by Crippen LogP contribution is 2.19. The van der Waals surface area contributed by atoms with E-state index in [2.05, 4.69) is 5.32 Å². The summed E-state index contributed by atoms with van der Waals surface area (Å²) >= 11 is 5.06. The molecule has 5 nitrogen and oxygen atoms in total. The molecule has 0 aliphatic carbocycles. The second-order valence-corrected chi connectivity index (χ2v) is 5.52. The molecule has 0 fully saturated rings. The van der Waals surface area contributed by atoms with Crippen molar-refractivity contribution in [3.05, 3.63) is 23.8 Å². The summed E-state index contributed by atoms with van der Waals surface area (Å²) in [5.41, 5.74) is 1.32. The molecule has 94 valence electrons. The van der Waals surface area contributed by atoms with Crippen LogP contribution in [0.3, 0.4) is 0 Å². The monoisotopic (exact) mass is 273 g/mol. The van der Waals surface area contributed by atoms with E-state index in [0.29, 0.717) is 16.4 Å². The molecule has 17 heavy (non-hydrogen) atoms. The zero-order chi connectivity index (χ0) is 13.2. The first-order valence-corrected chi connectivity index (χ1v) is 6.58. The molecule has 7 heteroatoms. The summed E-state index contributed by atoms with van der Waals surface area (Å²) in [6.07, 6.45) is 0. The molecule has 0 amide bonds. The van der Waals surface area contributed by atoms with Crippen LogP contribution in [0.1, 0.15) is 5.56 Å². The molecule has 0 aliphatic heterocycles. The van der Waals surface area contributed by atoms with Gasteiger partial charge in [0.1, 0.15) is 10.1 Å². The number of aryl methyl sites for hydroxylation is 1. The Morgan fingerprint density at radius 2 is 2.00 bits per heavy atom. The van der Waals surface area contributed by atoms with Gasteiger partial charge in [-0.25, -0.2) is 8.42 Å². The number of nitrogens with zero attached hydrogens (tertiary/aromatic N) is 1. The smallest absolute Gasteiger partial charge is 0.172 e. The molecule has 0 aliphatic rings. The van der Waals surface area contributed by atoms with Gasteiger partial charge >= 0.3 is 0 Å². The number of hydrogen-bond acceptors (Lipinski definition) is 4. The SMILES string of the molecule is Cc1cc(S(=O)(=O)[O-])ccc1NC(=S)N(C)C. The lowest BCUT2D eigenvalue weighted by molar-refractivity contribution is 0.463. The van der Waals surface area contributed by atoms with Gasteiger partial charge in [-0.3, -0.25) is 0 Å². The maximum absolute atomic E-state index is 10.8. The lowest BCUT2D eigenvalue weighted by Gasteiger charge is -2.17. The van der Waals surface area contributed by atoms with Gasteiger partial charge in [-0.2, -0.15) is 0 Å². The molecule has 0 spiro atoms. The zero-order valence-electron chi connectivity index (χ0n) is 9.72. The normalized spacial score (nSPS) is 11.1. The van der Waals surface area contributed by atoms with Crippen molar-refractivity contribution in [1.82, 2.24) is 4.90 Å². The molecule has 0 saturated carbocycles. The third-order valence-corrected chi connectivity index (χ3v) is 3.43. The van der Waals surface area contributed by atoms with Crippen LogP contribution in [0.5, 0.6) is 0 Å². The van der Waals surface area contributed by atoms with Crippen LogP contribution in [0.15, 0.2) is 23.1 Å². The van der Waals surface area contributed by atoms with Gasteiger partial charge in [0.25, 0.3) is 0 Å². The Balaban J connectivity index is 3.03. The Morgan fingerprint density at radius 3 is 2.41 bits per heavy atom. The summed E-state index contributed by atoms with van der Waals surface area (Å²) in [7, 11) is -0.822. The molecule has 1 aromatic rings. The summed E-state index contributed by atoms with van der Waals surface area (Å²) in [6, 6.07) is 4.11. The molecule has 0 aromatic heterocycles. The first kappa shape index (κ1) is 13.9. The van der Waals surface area contributed by atoms with E-state index in [1.54, 1.807) is 25.9 Å². The molecule has 0 heterocycles. The standard InChI is InChI=1S/C10H14N2O3S2/c1-7-6-8(17(13,14)15)4-5-9(7)11-10(16)12(2)3/h4-6H,1-3H3,(H,11,16)(H,13,14,15)/p-1. The Hall–Kier alpha value is -1.18. The van der Waals surface area contributed by atoms with Crippen molar-refractivity contribution in [2.75, 3.05) is 19.4 Å². The van der Waals surface area contributed by atoms with Crippen LogP contribution < -0.4 is 5.32 Å². The van der Waals surface area contributed by atoms with E-state index in [4.69, 9.17) is 12.2 Å². The summed E-state index contributed by atoms with van der Waals surface area (Å²) in [5.74, 6) is 0. The summed E-state index contributed by atoms with van der Waals surface area (Å²) in [4.78, 5) is 1.48. The molecular weight excluding hydrogens is 260 g/mol. The van der Waals surface area contributed by atoms with Crippen LogP contribution in [0.25, 0.3) is 0 Å². The molecule has 0 unspecified atom stereocenters. The number of rotatable bonds is 2. The Kier molecular flexibility index (Phi) is 4.07. The van der Waals surface area contributed by atoms with E-state index >= 15 is 0 Å². The minimum Gasteiger partial charge on any atom is -0.744 e. The molecule has 0 bridgehead atoms. The first-order chi connectivity index (χ1) is 7.71. The van der Waals surface area contributed by atoms with Crippen molar-refractivity contribution in [3.8, 4) is 0 Å². The maximum Gasteiger partial charge on any atom is 0.172 e. The van der Waals surface area contributed by atoms with Crippen LogP contribution in [-0.2, 0) is 10.1 Å². The summed E-state index contributed by atoms with van der Waals surface area (Å²) < 4.78 is 32.5. The minimum atomic E-state index is -4.41. The second-order valence-electron chi connectivity index (χ2n) is 3.76. The van der Waals surface area contributed by atoms with Gasteiger partial charge in [-0.15, -0.1) is 0 Å².